The van der Waals surface area contributed by atoms with Crippen molar-refractivity contribution in [2.24, 2.45) is 0 Å². The number of alkyl halides is 1. The van der Waals surface area contributed by atoms with Crippen LogP contribution < -0.4 is 0 Å². The summed E-state index contributed by atoms with van der Waals surface area (Å²) in [6.45, 7) is 5.93. The van der Waals surface area contributed by atoms with Gasteiger partial charge in [0, 0.05) is 11.9 Å². The minimum Gasteiger partial charge on any atom is -0.337 e. The van der Waals surface area contributed by atoms with Gasteiger partial charge in [0.2, 0.25) is 5.91 Å². The average molecular weight is 247 g/mol. The van der Waals surface area contributed by atoms with E-state index in [9.17, 15) is 4.79 Å². The monoisotopic (exact) mass is 246 g/mol. The van der Waals surface area contributed by atoms with Crippen molar-refractivity contribution in [3.63, 3.8) is 0 Å². The molecule has 0 aromatic carbocycles. The van der Waals surface area contributed by atoms with Gasteiger partial charge in [-0.15, -0.1) is 22.9 Å². The van der Waals surface area contributed by atoms with Crippen LogP contribution in [0.15, 0.2) is 0 Å². The van der Waals surface area contributed by atoms with Crippen molar-refractivity contribution in [2.45, 2.75) is 26.8 Å². The Kier molecular flexibility index (Phi) is 4.11. The van der Waals surface area contributed by atoms with Gasteiger partial charge in [0.1, 0.15) is 5.88 Å². The third-order valence-electron chi connectivity index (χ3n) is 2.41. The van der Waals surface area contributed by atoms with Gasteiger partial charge in [-0.3, -0.25) is 4.79 Å². The first-order valence-corrected chi connectivity index (χ1v) is 6.08. The summed E-state index contributed by atoms with van der Waals surface area (Å²) in [5, 5.41) is 1.03. The Morgan fingerprint density at radius 1 is 1.60 bits per heavy atom. The fourth-order valence-corrected chi connectivity index (χ4v) is 2.63. The van der Waals surface area contributed by atoms with Gasteiger partial charge < -0.3 is 4.90 Å². The van der Waals surface area contributed by atoms with Gasteiger partial charge in [-0.2, -0.15) is 0 Å². The molecule has 1 rings (SSSR count). The van der Waals surface area contributed by atoms with Crippen LogP contribution in [0.2, 0.25) is 0 Å². The Hall–Kier alpha value is -0.610. The number of aromatic nitrogens is 1. The number of amides is 1. The fraction of sp³-hybridized carbons (Fsp3) is 0.600. The highest BCUT2D eigenvalue weighted by molar-refractivity contribution is 7.11. The molecule has 0 saturated heterocycles. The number of aryl methyl sites for hydroxylation is 2. The molecule has 15 heavy (non-hydrogen) atoms. The predicted molar refractivity (Wildman–Crippen MR) is 63.5 cm³/mol. The highest BCUT2D eigenvalue weighted by Crippen LogP contribution is 2.28. The standard InChI is InChI=1S/C10H15ClN2OS/c1-6-10(15-8(3)12-6)7(2)13(4)9(14)5-11/h7H,5H2,1-4H3. The zero-order valence-electron chi connectivity index (χ0n) is 9.37. The Labute approximate surface area is 99.1 Å². The van der Waals surface area contributed by atoms with E-state index in [0.29, 0.717) is 0 Å². The maximum atomic E-state index is 11.4. The van der Waals surface area contributed by atoms with Crippen LogP contribution in [0.25, 0.3) is 0 Å². The van der Waals surface area contributed by atoms with Crippen LogP contribution in [0.5, 0.6) is 0 Å². The van der Waals surface area contributed by atoms with Crippen molar-refractivity contribution in [3.8, 4) is 0 Å². The molecule has 3 nitrogen and oxygen atoms in total. The van der Waals surface area contributed by atoms with E-state index in [1.807, 2.05) is 20.8 Å². The molecule has 1 heterocycles. The summed E-state index contributed by atoms with van der Waals surface area (Å²) in [5.41, 5.74) is 0.999. The van der Waals surface area contributed by atoms with Gasteiger partial charge >= 0.3 is 0 Å². The number of carbonyl (C=O) groups is 1. The van der Waals surface area contributed by atoms with Gasteiger partial charge in [0.25, 0.3) is 0 Å². The highest BCUT2D eigenvalue weighted by Gasteiger charge is 2.20. The van der Waals surface area contributed by atoms with E-state index in [2.05, 4.69) is 4.98 Å². The first-order chi connectivity index (χ1) is 6.97. The molecule has 5 heteroatoms. The molecule has 0 N–H and O–H groups in total. The number of hydrogen-bond donors (Lipinski definition) is 0. The summed E-state index contributed by atoms with van der Waals surface area (Å²) in [7, 11) is 1.77. The SMILES string of the molecule is Cc1nc(C)c(C(C)N(C)C(=O)CCl)s1. The van der Waals surface area contributed by atoms with Crippen molar-refractivity contribution in [2.75, 3.05) is 12.9 Å². The first-order valence-electron chi connectivity index (χ1n) is 4.73. The lowest BCUT2D eigenvalue weighted by Gasteiger charge is -2.23. The molecule has 0 radical (unpaired) electrons. The number of halogens is 1. The summed E-state index contributed by atoms with van der Waals surface area (Å²) in [6.07, 6.45) is 0. The summed E-state index contributed by atoms with van der Waals surface area (Å²) in [4.78, 5) is 18.6. The summed E-state index contributed by atoms with van der Waals surface area (Å²) in [5.74, 6) is -0.0351. The zero-order chi connectivity index (χ0) is 11.6. The zero-order valence-corrected chi connectivity index (χ0v) is 10.9. The lowest BCUT2D eigenvalue weighted by atomic mass is 10.2. The van der Waals surface area contributed by atoms with Gasteiger partial charge in [-0.25, -0.2) is 4.98 Å². The number of carbonyl (C=O) groups excluding carboxylic acids is 1. The Bertz CT molecular complexity index is 364. The van der Waals surface area contributed by atoms with E-state index in [4.69, 9.17) is 11.6 Å². The number of hydrogen-bond acceptors (Lipinski definition) is 3. The first kappa shape index (κ1) is 12.5. The minimum atomic E-state index is -0.0605. The van der Waals surface area contributed by atoms with Crippen LogP contribution in [0.4, 0.5) is 0 Å². The number of thiazole rings is 1. The van der Waals surface area contributed by atoms with Crippen molar-refractivity contribution in [1.29, 1.82) is 0 Å². The summed E-state index contributed by atoms with van der Waals surface area (Å²) >= 11 is 7.15. The smallest absolute Gasteiger partial charge is 0.237 e. The van der Waals surface area contributed by atoms with Crippen molar-refractivity contribution >= 4 is 28.8 Å². The molecule has 0 aliphatic heterocycles. The third-order valence-corrected chi connectivity index (χ3v) is 3.88. The van der Waals surface area contributed by atoms with Crippen LogP contribution in [0.3, 0.4) is 0 Å². The molecule has 1 unspecified atom stereocenters. The predicted octanol–water partition coefficient (Wildman–Crippen LogP) is 2.52. The topological polar surface area (TPSA) is 33.2 Å². The molecule has 0 bridgehead atoms. The molecule has 84 valence electrons. The molecule has 0 aliphatic rings. The van der Waals surface area contributed by atoms with E-state index in [-0.39, 0.29) is 17.8 Å². The van der Waals surface area contributed by atoms with Crippen molar-refractivity contribution in [3.05, 3.63) is 15.6 Å². The van der Waals surface area contributed by atoms with Crippen LogP contribution in [-0.2, 0) is 4.79 Å². The third kappa shape index (κ3) is 2.69. The Morgan fingerprint density at radius 2 is 2.20 bits per heavy atom. The lowest BCUT2D eigenvalue weighted by Crippen LogP contribution is -2.30. The molecular formula is C10H15ClN2OS. The molecule has 0 saturated carbocycles. The average Bonchev–Trinajstić information content (AvgIpc) is 2.54. The minimum absolute atomic E-state index is 0.0255. The van der Waals surface area contributed by atoms with Crippen molar-refractivity contribution < 1.29 is 4.79 Å². The molecule has 0 fully saturated rings. The van der Waals surface area contributed by atoms with Crippen LogP contribution >= 0.6 is 22.9 Å². The number of nitrogens with zero attached hydrogens (tertiary/aromatic N) is 2. The van der Waals surface area contributed by atoms with Gasteiger partial charge in [0.15, 0.2) is 0 Å². The largest absolute Gasteiger partial charge is 0.337 e. The normalized spacial score (nSPS) is 12.6. The maximum absolute atomic E-state index is 11.4. The molecule has 1 amide bonds. The van der Waals surface area contributed by atoms with Gasteiger partial charge in [-0.05, 0) is 20.8 Å². The molecular weight excluding hydrogens is 232 g/mol. The Morgan fingerprint density at radius 3 is 2.60 bits per heavy atom. The second kappa shape index (κ2) is 4.94. The molecule has 0 aliphatic carbocycles. The van der Waals surface area contributed by atoms with E-state index in [0.717, 1.165) is 15.6 Å². The molecule has 1 aromatic heterocycles. The van der Waals surface area contributed by atoms with Crippen LogP contribution in [0, 0.1) is 13.8 Å². The molecule has 1 atom stereocenters. The van der Waals surface area contributed by atoms with Crippen LogP contribution in [0.1, 0.15) is 28.5 Å². The summed E-state index contributed by atoms with van der Waals surface area (Å²) in [6, 6.07) is 0.0439. The van der Waals surface area contributed by atoms with Crippen LogP contribution in [-0.4, -0.2) is 28.7 Å². The maximum Gasteiger partial charge on any atom is 0.237 e. The second-order valence-electron chi connectivity index (χ2n) is 3.50. The highest BCUT2D eigenvalue weighted by atomic mass is 35.5. The van der Waals surface area contributed by atoms with Gasteiger partial charge in [-0.1, -0.05) is 0 Å². The summed E-state index contributed by atoms with van der Waals surface area (Å²) < 4.78 is 0. The van der Waals surface area contributed by atoms with E-state index >= 15 is 0 Å². The fourth-order valence-electron chi connectivity index (χ4n) is 1.42. The van der Waals surface area contributed by atoms with E-state index < -0.39 is 0 Å². The van der Waals surface area contributed by atoms with Gasteiger partial charge in [0.05, 0.1) is 16.7 Å². The molecule has 0 spiro atoms. The molecule has 1 aromatic rings. The Balaban J connectivity index is 2.89. The number of rotatable bonds is 3. The van der Waals surface area contributed by atoms with E-state index in [1.165, 1.54) is 0 Å². The second-order valence-corrected chi connectivity index (χ2v) is 5.00. The quantitative estimate of drug-likeness (QED) is 0.768. The van der Waals surface area contributed by atoms with E-state index in [1.54, 1.807) is 23.3 Å². The van der Waals surface area contributed by atoms with Crippen molar-refractivity contribution in [1.82, 2.24) is 9.88 Å². The lowest BCUT2D eigenvalue weighted by molar-refractivity contribution is -0.129.